The third kappa shape index (κ3) is 2.29. The maximum atomic E-state index is 8.91. The van der Waals surface area contributed by atoms with Crippen LogP contribution in [0.1, 0.15) is 11.3 Å². The Morgan fingerprint density at radius 2 is 2.16 bits per heavy atom. The van der Waals surface area contributed by atoms with Gasteiger partial charge in [-0.05, 0) is 29.8 Å². The second-order valence-electron chi connectivity index (χ2n) is 3.94. The van der Waals surface area contributed by atoms with Gasteiger partial charge in [-0.25, -0.2) is 4.98 Å². The van der Waals surface area contributed by atoms with Gasteiger partial charge in [0.25, 0.3) is 0 Å². The normalized spacial score (nSPS) is 11.9. The van der Waals surface area contributed by atoms with Crippen molar-refractivity contribution in [3.63, 3.8) is 0 Å². The average Bonchev–Trinajstić information content (AvgIpc) is 2.93. The van der Waals surface area contributed by atoms with Crippen molar-refractivity contribution >= 4 is 0 Å². The number of ether oxygens (including phenoxy) is 3. The van der Waals surface area contributed by atoms with Crippen LogP contribution in [-0.2, 0) is 6.61 Å². The molecule has 0 saturated heterocycles. The minimum Gasteiger partial charge on any atom is -0.486 e. The van der Waals surface area contributed by atoms with Gasteiger partial charge in [-0.15, -0.1) is 0 Å². The molecule has 0 bridgehead atoms. The van der Waals surface area contributed by atoms with Gasteiger partial charge in [-0.2, -0.15) is 5.26 Å². The molecular formula is C14H10N2O3. The van der Waals surface area contributed by atoms with Gasteiger partial charge in [-0.1, -0.05) is 6.07 Å². The van der Waals surface area contributed by atoms with Gasteiger partial charge < -0.3 is 14.2 Å². The molecule has 0 saturated carbocycles. The van der Waals surface area contributed by atoms with Gasteiger partial charge in [0.2, 0.25) is 6.79 Å². The molecule has 0 fully saturated rings. The largest absolute Gasteiger partial charge is 0.486 e. The second kappa shape index (κ2) is 4.86. The Bertz CT molecular complexity index is 649. The molecule has 5 nitrogen and oxygen atoms in total. The summed E-state index contributed by atoms with van der Waals surface area (Å²) in [5, 5.41) is 8.91. The van der Waals surface area contributed by atoms with Crippen LogP contribution < -0.4 is 14.2 Å². The average molecular weight is 254 g/mol. The van der Waals surface area contributed by atoms with Gasteiger partial charge in [0.1, 0.15) is 12.7 Å². The topological polar surface area (TPSA) is 64.4 Å². The van der Waals surface area contributed by atoms with Crippen LogP contribution in [0.15, 0.2) is 36.5 Å². The smallest absolute Gasteiger partial charge is 0.231 e. The van der Waals surface area contributed by atoms with Crippen molar-refractivity contribution < 1.29 is 14.2 Å². The van der Waals surface area contributed by atoms with Crippen LogP contribution in [0, 0.1) is 11.3 Å². The SMILES string of the molecule is N#Cc1ncccc1OCc1ccc2c(c1)OCO2. The van der Waals surface area contributed by atoms with Gasteiger partial charge in [0.15, 0.2) is 22.9 Å². The predicted octanol–water partition coefficient (Wildman–Crippen LogP) is 2.26. The molecule has 1 aliphatic rings. The zero-order chi connectivity index (χ0) is 13.1. The minimum atomic E-state index is 0.251. The fourth-order valence-corrected chi connectivity index (χ4v) is 1.78. The molecule has 2 heterocycles. The monoisotopic (exact) mass is 254 g/mol. The van der Waals surface area contributed by atoms with Crippen molar-refractivity contribution in [3.05, 3.63) is 47.8 Å². The van der Waals surface area contributed by atoms with Crippen molar-refractivity contribution in [2.24, 2.45) is 0 Å². The molecule has 1 aliphatic heterocycles. The number of hydrogen-bond donors (Lipinski definition) is 0. The maximum absolute atomic E-state index is 8.91. The highest BCUT2D eigenvalue weighted by molar-refractivity contribution is 5.44. The van der Waals surface area contributed by atoms with E-state index in [9.17, 15) is 0 Å². The van der Waals surface area contributed by atoms with E-state index < -0.39 is 0 Å². The van der Waals surface area contributed by atoms with E-state index in [0.29, 0.717) is 18.1 Å². The molecule has 1 aromatic heterocycles. The number of nitrogens with zero attached hydrogens (tertiary/aromatic N) is 2. The molecule has 3 rings (SSSR count). The Morgan fingerprint density at radius 1 is 1.26 bits per heavy atom. The Morgan fingerprint density at radius 3 is 3.05 bits per heavy atom. The second-order valence-corrected chi connectivity index (χ2v) is 3.94. The first-order valence-electron chi connectivity index (χ1n) is 5.73. The first-order valence-corrected chi connectivity index (χ1v) is 5.73. The Kier molecular flexibility index (Phi) is 2.91. The molecule has 0 spiro atoms. The van der Waals surface area contributed by atoms with Crippen LogP contribution in [0.5, 0.6) is 17.2 Å². The molecule has 0 atom stereocenters. The predicted molar refractivity (Wildman–Crippen MR) is 65.8 cm³/mol. The van der Waals surface area contributed by atoms with Crippen LogP contribution in [0.2, 0.25) is 0 Å². The summed E-state index contributed by atoms with van der Waals surface area (Å²) in [6.45, 7) is 0.595. The zero-order valence-corrected chi connectivity index (χ0v) is 10.00. The molecule has 1 aromatic carbocycles. The summed E-state index contributed by atoms with van der Waals surface area (Å²) in [5.74, 6) is 1.93. The summed E-state index contributed by atoms with van der Waals surface area (Å²) < 4.78 is 16.1. The maximum Gasteiger partial charge on any atom is 0.231 e. The van der Waals surface area contributed by atoms with E-state index in [1.54, 1.807) is 18.3 Å². The first-order chi connectivity index (χ1) is 9.36. The molecule has 94 valence electrons. The molecule has 19 heavy (non-hydrogen) atoms. The standard InChI is InChI=1S/C14H10N2O3/c15-7-11-12(2-1-5-16-11)17-8-10-3-4-13-14(6-10)19-9-18-13/h1-6H,8-9H2. The Balaban J connectivity index is 1.74. The van der Waals surface area contributed by atoms with Gasteiger partial charge in [0.05, 0.1) is 0 Å². The molecule has 0 radical (unpaired) electrons. The summed E-state index contributed by atoms with van der Waals surface area (Å²) in [7, 11) is 0. The van der Waals surface area contributed by atoms with Crippen LogP contribution in [-0.4, -0.2) is 11.8 Å². The van der Waals surface area contributed by atoms with Crippen molar-refractivity contribution in [2.45, 2.75) is 6.61 Å². The van der Waals surface area contributed by atoms with E-state index in [2.05, 4.69) is 4.98 Å². The zero-order valence-electron chi connectivity index (χ0n) is 10.00. The number of hydrogen-bond acceptors (Lipinski definition) is 5. The van der Waals surface area contributed by atoms with Gasteiger partial charge in [0, 0.05) is 6.20 Å². The molecule has 0 unspecified atom stereocenters. The van der Waals surface area contributed by atoms with Gasteiger partial charge >= 0.3 is 0 Å². The summed E-state index contributed by atoms with van der Waals surface area (Å²) in [4.78, 5) is 3.94. The number of fused-ring (bicyclic) bond motifs is 1. The fourth-order valence-electron chi connectivity index (χ4n) is 1.78. The van der Waals surface area contributed by atoms with E-state index in [0.717, 1.165) is 11.3 Å². The van der Waals surface area contributed by atoms with E-state index in [4.69, 9.17) is 19.5 Å². The van der Waals surface area contributed by atoms with Crippen LogP contribution in [0.25, 0.3) is 0 Å². The summed E-state index contributed by atoms with van der Waals surface area (Å²) >= 11 is 0. The molecule has 0 N–H and O–H groups in total. The Hall–Kier alpha value is -2.74. The van der Waals surface area contributed by atoms with Crippen LogP contribution in [0.3, 0.4) is 0 Å². The van der Waals surface area contributed by atoms with Crippen LogP contribution >= 0.6 is 0 Å². The van der Waals surface area contributed by atoms with E-state index >= 15 is 0 Å². The highest BCUT2D eigenvalue weighted by atomic mass is 16.7. The Labute approximate surface area is 110 Å². The lowest BCUT2D eigenvalue weighted by atomic mass is 10.2. The van der Waals surface area contributed by atoms with E-state index in [1.165, 1.54) is 0 Å². The molecule has 2 aromatic rings. The number of pyridine rings is 1. The minimum absolute atomic E-state index is 0.251. The molecule has 0 aliphatic carbocycles. The summed E-state index contributed by atoms with van der Waals surface area (Å²) in [6, 6.07) is 11.1. The third-order valence-corrected chi connectivity index (χ3v) is 2.71. The number of aromatic nitrogens is 1. The quantitative estimate of drug-likeness (QED) is 0.840. The highest BCUT2D eigenvalue weighted by Crippen LogP contribution is 2.32. The lowest BCUT2D eigenvalue weighted by Crippen LogP contribution is -1.98. The number of benzene rings is 1. The third-order valence-electron chi connectivity index (χ3n) is 2.71. The van der Waals surface area contributed by atoms with Crippen molar-refractivity contribution in [1.82, 2.24) is 4.98 Å². The van der Waals surface area contributed by atoms with E-state index in [1.807, 2.05) is 24.3 Å². The van der Waals surface area contributed by atoms with Crippen LogP contribution in [0.4, 0.5) is 0 Å². The lowest BCUT2D eigenvalue weighted by molar-refractivity contribution is 0.174. The first kappa shape index (κ1) is 11.4. The van der Waals surface area contributed by atoms with Gasteiger partial charge in [-0.3, -0.25) is 0 Å². The number of nitriles is 1. The van der Waals surface area contributed by atoms with Crippen molar-refractivity contribution in [1.29, 1.82) is 5.26 Å². The van der Waals surface area contributed by atoms with Crippen molar-refractivity contribution in [2.75, 3.05) is 6.79 Å². The molecular weight excluding hydrogens is 244 g/mol. The van der Waals surface area contributed by atoms with Crippen molar-refractivity contribution in [3.8, 4) is 23.3 Å². The molecule has 5 heteroatoms. The highest BCUT2D eigenvalue weighted by Gasteiger charge is 2.13. The fraction of sp³-hybridized carbons (Fsp3) is 0.143. The summed E-state index contributed by atoms with van der Waals surface area (Å²) in [5.41, 5.74) is 1.22. The lowest BCUT2D eigenvalue weighted by Gasteiger charge is -2.07. The van der Waals surface area contributed by atoms with E-state index in [-0.39, 0.29) is 12.5 Å². The summed E-state index contributed by atoms with van der Waals surface area (Å²) in [6.07, 6.45) is 1.56. The number of rotatable bonds is 3. The molecule has 0 amide bonds.